The second-order valence-electron chi connectivity index (χ2n) is 4.83. The fraction of sp³-hybridized carbons (Fsp3) is 0.538. The summed E-state index contributed by atoms with van der Waals surface area (Å²) in [7, 11) is 1.48. The summed E-state index contributed by atoms with van der Waals surface area (Å²) in [4.78, 5) is 23.3. The molecule has 0 aromatic carbocycles. The average molecular weight is 301 g/mol. The molecule has 1 atom stereocenters. The molecule has 0 saturated heterocycles. The maximum atomic E-state index is 12.2. The zero-order chi connectivity index (χ0) is 14.7. The van der Waals surface area contributed by atoms with Crippen molar-refractivity contribution < 1.29 is 19.4 Å². The third-order valence-electron chi connectivity index (χ3n) is 3.20. The van der Waals surface area contributed by atoms with Gasteiger partial charge in [0.1, 0.15) is 11.7 Å². The van der Waals surface area contributed by atoms with E-state index in [2.05, 4.69) is 5.32 Å². The normalized spacial score (nSPS) is 15.9. The molecule has 6 nitrogen and oxygen atoms in total. The molecule has 0 spiro atoms. The van der Waals surface area contributed by atoms with E-state index in [1.807, 2.05) is 4.57 Å². The summed E-state index contributed by atoms with van der Waals surface area (Å²) in [6.07, 6.45) is 3.95. The zero-order valence-electron chi connectivity index (χ0n) is 11.1. The standard InChI is InChI=1S/C13H17ClN2O4/c1-20-5-4-10(13(18)19)15-12(17)11-6-8(14)7-16(11)9-2-3-9/h6-7,9-10H,2-5H2,1H3,(H,15,17)(H,18,19). The van der Waals surface area contributed by atoms with Crippen molar-refractivity contribution in [3.8, 4) is 0 Å². The van der Waals surface area contributed by atoms with Gasteiger partial charge in [0, 0.05) is 32.4 Å². The highest BCUT2D eigenvalue weighted by Crippen LogP contribution is 2.37. The number of hydrogen-bond acceptors (Lipinski definition) is 3. The molecule has 1 fully saturated rings. The van der Waals surface area contributed by atoms with Crippen LogP contribution in [0.25, 0.3) is 0 Å². The first-order valence-corrected chi connectivity index (χ1v) is 6.80. The minimum absolute atomic E-state index is 0.218. The molecule has 110 valence electrons. The number of methoxy groups -OCH3 is 1. The Hall–Kier alpha value is -1.53. The number of ether oxygens (including phenoxy) is 1. The summed E-state index contributed by atoms with van der Waals surface area (Å²) in [5, 5.41) is 12.1. The number of aromatic nitrogens is 1. The van der Waals surface area contributed by atoms with Crippen molar-refractivity contribution in [1.29, 1.82) is 0 Å². The van der Waals surface area contributed by atoms with Crippen LogP contribution in [-0.2, 0) is 9.53 Å². The van der Waals surface area contributed by atoms with Crippen LogP contribution < -0.4 is 5.32 Å². The Morgan fingerprint density at radius 1 is 1.60 bits per heavy atom. The first-order chi connectivity index (χ1) is 9.52. The molecule has 0 bridgehead atoms. The van der Waals surface area contributed by atoms with E-state index in [1.165, 1.54) is 7.11 Å². The van der Waals surface area contributed by atoms with E-state index in [1.54, 1.807) is 12.3 Å². The van der Waals surface area contributed by atoms with E-state index < -0.39 is 17.9 Å². The van der Waals surface area contributed by atoms with Gasteiger partial charge in [0.15, 0.2) is 0 Å². The van der Waals surface area contributed by atoms with Crippen molar-refractivity contribution >= 4 is 23.5 Å². The molecule has 1 aliphatic rings. The highest BCUT2D eigenvalue weighted by atomic mass is 35.5. The lowest BCUT2D eigenvalue weighted by molar-refractivity contribution is -0.139. The Balaban J connectivity index is 2.08. The lowest BCUT2D eigenvalue weighted by atomic mass is 10.2. The summed E-state index contributed by atoms with van der Waals surface area (Å²) in [5.74, 6) is -1.50. The van der Waals surface area contributed by atoms with Crippen molar-refractivity contribution in [2.75, 3.05) is 13.7 Å². The number of aliphatic carboxylic acids is 1. The van der Waals surface area contributed by atoms with Gasteiger partial charge < -0.3 is 19.7 Å². The van der Waals surface area contributed by atoms with Gasteiger partial charge in [-0.15, -0.1) is 0 Å². The number of halogens is 1. The summed E-state index contributed by atoms with van der Waals surface area (Å²) >= 11 is 5.93. The lowest BCUT2D eigenvalue weighted by Gasteiger charge is -2.15. The summed E-state index contributed by atoms with van der Waals surface area (Å²) in [6, 6.07) is 0.888. The molecular weight excluding hydrogens is 284 g/mol. The fourth-order valence-corrected chi connectivity index (χ4v) is 2.22. The first-order valence-electron chi connectivity index (χ1n) is 6.43. The highest BCUT2D eigenvalue weighted by Gasteiger charge is 2.29. The number of rotatable bonds is 7. The average Bonchev–Trinajstić information content (AvgIpc) is 3.16. The van der Waals surface area contributed by atoms with E-state index in [-0.39, 0.29) is 13.0 Å². The number of hydrogen-bond donors (Lipinski definition) is 2. The maximum Gasteiger partial charge on any atom is 0.326 e. The molecule has 1 aromatic heterocycles. The smallest absolute Gasteiger partial charge is 0.326 e. The molecule has 2 rings (SSSR count). The van der Waals surface area contributed by atoms with E-state index in [9.17, 15) is 9.59 Å². The minimum atomic E-state index is -1.08. The SMILES string of the molecule is COCCC(NC(=O)c1cc(Cl)cn1C1CC1)C(=O)O. The number of nitrogens with zero attached hydrogens (tertiary/aromatic N) is 1. The lowest BCUT2D eigenvalue weighted by Crippen LogP contribution is -2.42. The second kappa shape index (κ2) is 6.28. The first kappa shape index (κ1) is 14.9. The van der Waals surface area contributed by atoms with Gasteiger partial charge in [-0.25, -0.2) is 4.79 Å². The predicted molar refractivity (Wildman–Crippen MR) is 73.1 cm³/mol. The fourth-order valence-electron chi connectivity index (χ4n) is 2.01. The summed E-state index contributed by atoms with van der Waals surface area (Å²) in [5.41, 5.74) is 0.404. The van der Waals surface area contributed by atoms with Crippen LogP contribution in [0.4, 0.5) is 0 Å². The van der Waals surface area contributed by atoms with Crippen LogP contribution in [0.2, 0.25) is 5.02 Å². The number of amides is 1. The van der Waals surface area contributed by atoms with Crippen molar-refractivity contribution in [2.24, 2.45) is 0 Å². The Kier molecular flexibility index (Phi) is 4.67. The van der Waals surface area contributed by atoms with Crippen LogP contribution in [0.1, 0.15) is 35.8 Å². The maximum absolute atomic E-state index is 12.2. The van der Waals surface area contributed by atoms with Crippen LogP contribution in [0.15, 0.2) is 12.3 Å². The molecule has 2 N–H and O–H groups in total. The van der Waals surface area contributed by atoms with Crippen LogP contribution >= 0.6 is 11.6 Å². The molecule has 1 amide bonds. The van der Waals surface area contributed by atoms with Gasteiger partial charge in [-0.2, -0.15) is 0 Å². The minimum Gasteiger partial charge on any atom is -0.480 e. The number of carbonyl (C=O) groups excluding carboxylic acids is 1. The summed E-state index contributed by atoms with van der Waals surface area (Å²) in [6.45, 7) is 0.266. The Bertz CT molecular complexity index is 510. The van der Waals surface area contributed by atoms with E-state index >= 15 is 0 Å². The van der Waals surface area contributed by atoms with Crippen LogP contribution in [0.3, 0.4) is 0 Å². The quantitative estimate of drug-likeness (QED) is 0.803. The van der Waals surface area contributed by atoms with Gasteiger partial charge in [0.25, 0.3) is 5.91 Å². The van der Waals surface area contributed by atoms with Crippen LogP contribution in [0, 0.1) is 0 Å². The monoisotopic (exact) mass is 300 g/mol. The molecule has 7 heteroatoms. The van der Waals surface area contributed by atoms with Crippen molar-refractivity contribution in [3.05, 3.63) is 23.0 Å². The third-order valence-corrected chi connectivity index (χ3v) is 3.41. The molecule has 0 aliphatic heterocycles. The van der Waals surface area contributed by atoms with E-state index in [0.717, 1.165) is 12.8 Å². The third kappa shape index (κ3) is 3.52. The van der Waals surface area contributed by atoms with Crippen molar-refractivity contribution in [3.63, 3.8) is 0 Å². The summed E-state index contributed by atoms with van der Waals surface area (Å²) < 4.78 is 6.66. The van der Waals surface area contributed by atoms with Gasteiger partial charge in [-0.3, -0.25) is 4.79 Å². The number of carboxylic acid groups (broad SMARTS) is 1. The zero-order valence-corrected chi connectivity index (χ0v) is 11.9. The molecule has 1 aromatic rings. The topological polar surface area (TPSA) is 80.6 Å². The van der Waals surface area contributed by atoms with Crippen molar-refractivity contribution in [2.45, 2.75) is 31.3 Å². The molecular formula is C13H17ClN2O4. The van der Waals surface area contributed by atoms with Gasteiger partial charge >= 0.3 is 5.97 Å². The molecule has 1 saturated carbocycles. The highest BCUT2D eigenvalue weighted by molar-refractivity contribution is 6.31. The molecule has 1 unspecified atom stereocenters. The van der Waals surface area contributed by atoms with E-state index in [4.69, 9.17) is 21.4 Å². The Morgan fingerprint density at radius 2 is 2.30 bits per heavy atom. The Labute approximate surface area is 121 Å². The second-order valence-corrected chi connectivity index (χ2v) is 5.26. The van der Waals surface area contributed by atoms with Gasteiger partial charge in [0.05, 0.1) is 5.02 Å². The molecule has 1 aliphatic carbocycles. The van der Waals surface area contributed by atoms with Gasteiger partial charge in [-0.1, -0.05) is 11.6 Å². The Morgan fingerprint density at radius 3 is 2.85 bits per heavy atom. The molecule has 0 radical (unpaired) electrons. The number of carboxylic acids is 1. The van der Waals surface area contributed by atoms with Crippen LogP contribution in [0.5, 0.6) is 0 Å². The van der Waals surface area contributed by atoms with Crippen molar-refractivity contribution in [1.82, 2.24) is 9.88 Å². The largest absolute Gasteiger partial charge is 0.480 e. The predicted octanol–water partition coefficient (Wildman–Crippen LogP) is 1.70. The molecule has 1 heterocycles. The van der Waals surface area contributed by atoms with Gasteiger partial charge in [0.2, 0.25) is 0 Å². The molecule has 20 heavy (non-hydrogen) atoms. The van der Waals surface area contributed by atoms with Gasteiger partial charge in [-0.05, 0) is 18.9 Å². The number of carbonyl (C=O) groups is 2. The van der Waals surface area contributed by atoms with Crippen LogP contribution in [-0.4, -0.2) is 41.3 Å². The van der Waals surface area contributed by atoms with E-state index in [0.29, 0.717) is 16.8 Å². The number of nitrogens with one attached hydrogen (secondary N) is 1.